The Labute approximate surface area is 149 Å². The Morgan fingerprint density at radius 3 is 2.52 bits per heavy atom. The molecule has 1 aromatic heterocycles. The third kappa shape index (κ3) is 3.81. The van der Waals surface area contributed by atoms with Crippen molar-refractivity contribution in [1.82, 2.24) is 25.3 Å². The maximum atomic E-state index is 12.5. The normalized spacial score (nSPS) is 26.0. The van der Waals surface area contributed by atoms with Crippen LogP contribution in [0.3, 0.4) is 0 Å². The van der Waals surface area contributed by atoms with Crippen LogP contribution >= 0.6 is 0 Å². The van der Waals surface area contributed by atoms with E-state index in [1.165, 1.54) is 19.3 Å². The van der Waals surface area contributed by atoms with Crippen molar-refractivity contribution in [2.45, 2.75) is 63.3 Å². The van der Waals surface area contributed by atoms with Crippen molar-refractivity contribution in [3.05, 3.63) is 11.7 Å². The minimum atomic E-state index is 0.213. The van der Waals surface area contributed by atoms with Gasteiger partial charge in [0.15, 0.2) is 5.82 Å². The molecule has 0 bridgehead atoms. The Hall–Kier alpha value is -1.63. The lowest BCUT2D eigenvalue weighted by atomic mass is 9.97. The van der Waals surface area contributed by atoms with E-state index < -0.39 is 0 Å². The first kappa shape index (κ1) is 16.8. The second kappa shape index (κ2) is 7.72. The van der Waals surface area contributed by atoms with Crippen LogP contribution in [0, 0.1) is 0 Å². The van der Waals surface area contributed by atoms with Crippen LogP contribution in [0.25, 0.3) is 0 Å². The highest BCUT2D eigenvalue weighted by molar-refractivity contribution is 5.74. The minimum Gasteiger partial charge on any atom is -0.339 e. The van der Waals surface area contributed by atoms with Gasteiger partial charge in [-0.25, -0.2) is 4.79 Å². The van der Waals surface area contributed by atoms with Gasteiger partial charge in [-0.15, -0.1) is 0 Å². The van der Waals surface area contributed by atoms with E-state index in [2.05, 4.69) is 10.5 Å². The number of likely N-dealkylation sites (tertiary alicyclic amines) is 2. The summed E-state index contributed by atoms with van der Waals surface area (Å²) in [6.45, 7) is 4.45. The standard InChI is InChI=1S/C18H29N5O2/c24-18(22-10-4-5-11-22)23-12-7-14(8-13-23)17-20-16(21-25-17)15-6-2-1-3-9-19-15/h14-15,19H,1-13H2. The minimum absolute atomic E-state index is 0.213. The molecule has 25 heavy (non-hydrogen) atoms. The van der Waals surface area contributed by atoms with Gasteiger partial charge in [0.05, 0.1) is 6.04 Å². The number of aromatic nitrogens is 2. The van der Waals surface area contributed by atoms with Crippen molar-refractivity contribution in [2.24, 2.45) is 0 Å². The van der Waals surface area contributed by atoms with Gasteiger partial charge in [0.25, 0.3) is 0 Å². The van der Waals surface area contributed by atoms with Crippen LogP contribution in [0.1, 0.15) is 75.0 Å². The Morgan fingerprint density at radius 2 is 1.72 bits per heavy atom. The summed E-state index contributed by atoms with van der Waals surface area (Å²) < 4.78 is 5.58. The lowest BCUT2D eigenvalue weighted by molar-refractivity contribution is 0.144. The number of piperidine rings is 1. The van der Waals surface area contributed by atoms with Gasteiger partial charge >= 0.3 is 6.03 Å². The van der Waals surface area contributed by atoms with Crippen molar-refractivity contribution in [1.29, 1.82) is 0 Å². The summed E-state index contributed by atoms with van der Waals surface area (Å²) in [6.07, 6.45) is 8.92. The van der Waals surface area contributed by atoms with E-state index in [0.29, 0.717) is 0 Å². The fraction of sp³-hybridized carbons (Fsp3) is 0.833. The Balaban J connectivity index is 1.32. The van der Waals surface area contributed by atoms with Gasteiger partial charge in [0, 0.05) is 32.1 Å². The molecule has 1 unspecified atom stereocenters. The summed E-state index contributed by atoms with van der Waals surface area (Å²) in [5.74, 6) is 1.86. The van der Waals surface area contributed by atoms with Gasteiger partial charge in [-0.2, -0.15) is 4.98 Å². The third-order valence-electron chi connectivity index (χ3n) is 5.82. The highest BCUT2D eigenvalue weighted by Crippen LogP contribution is 2.29. The van der Waals surface area contributed by atoms with Crippen molar-refractivity contribution >= 4 is 6.03 Å². The molecule has 2 amide bonds. The highest BCUT2D eigenvalue weighted by Gasteiger charge is 2.31. The SMILES string of the molecule is O=C(N1CCCC1)N1CCC(c2nc(C3CCCCCN3)no2)CC1. The molecule has 3 fully saturated rings. The number of hydrogen-bond donors (Lipinski definition) is 1. The van der Waals surface area contributed by atoms with Crippen molar-refractivity contribution in [3.8, 4) is 0 Å². The number of urea groups is 1. The van der Waals surface area contributed by atoms with E-state index in [1.54, 1.807) is 0 Å². The first-order valence-electron chi connectivity index (χ1n) is 9.92. The molecule has 1 atom stereocenters. The number of rotatable bonds is 2. The van der Waals surface area contributed by atoms with Crippen LogP contribution < -0.4 is 5.32 Å². The molecule has 0 radical (unpaired) electrons. The molecule has 7 heteroatoms. The van der Waals surface area contributed by atoms with Crippen LogP contribution in [0.4, 0.5) is 4.79 Å². The van der Waals surface area contributed by atoms with Crippen LogP contribution in [0.15, 0.2) is 4.52 Å². The smallest absolute Gasteiger partial charge is 0.319 e. The monoisotopic (exact) mass is 347 g/mol. The van der Waals surface area contributed by atoms with E-state index >= 15 is 0 Å². The molecule has 1 aromatic rings. The molecule has 0 aliphatic carbocycles. The number of nitrogens with one attached hydrogen (secondary N) is 1. The average molecular weight is 347 g/mol. The molecule has 3 aliphatic rings. The molecule has 0 saturated carbocycles. The predicted molar refractivity (Wildman–Crippen MR) is 93.3 cm³/mol. The molecule has 4 heterocycles. The number of amides is 2. The van der Waals surface area contributed by atoms with Crippen LogP contribution in [-0.2, 0) is 0 Å². The maximum absolute atomic E-state index is 12.5. The first-order valence-corrected chi connectivity index (χ1v) is 9.92. The molecule has 0 spiro atoms. The van der Waals surface area contributed by atoms with Crippen molar-refractivity contribution < 1.29 is 9.32 Å². The zero-order valence-electron chi connectivity index (χ0n) is 15.0. The second-order valence-corrected chi connectivity index (χ2v) is 7.58. The van der Waals surface area contributed by atoms with Gasteiger partial charge in [-0.05, 0) is 45.1 Å². The summed E-state index contributed by atoms with van der Waals surface area (Å²) >= 11 is 0. The molecule has 0 aromatic carbocycles. The van der Waals surface area contributed by atoms with Crippen molar-refractivity contribution in [3.63, 3.8) is 0 Å². The number of nitrogens with zero attached hydrogens (tertiary/aromatic N) is 4. The molecule has 1 N–H and O–H groups in total. The molecule has 4 rings (SSSR count). The van der Waals surface area contributed by atoms with E-state index in [4.69, 9.17) is 9.51 Å². The maximum Gasteiger partial charge on any atom is 0.319 e. The van der Waals surface area contributed by atoms with Crippen molar-refractivity contribution in [2.75, 3.05) is 32.7 Å². The predicted octanol–water partition coefficient (Wildman–Crippen LogP) is 2.67. The Bertz CT molecular complexity index is 568. The van der Waals surface area contributed by atoms with Gasteiger partial charge in [0.1, 0.15) is 0 Å². The van der Waals surface area contributed by atoms with Gasteiger partial charge in [0.2, 0.25) is 5.89 Å². The fourth-order valence-corrected chi connectivity index (χ4v) is 4.23. The van der Waals surface area contributed by atoms with Gasteiger partial charge in [-0.1, -0.05) is 18.0 Å². The number of carbonyl (C=O) groups excluding carboxylic acids is 1. The molecule has 3 aliphatic heterocycles. The van der Waals surface area contributed by atoms with E-state index in [0.717, 1.165) is 76.5 Å². The van der Waals surface area contributed by atoms with E-state index in [1.807, 2.05) is 9.80 Å². The lowest BCUT2D eigenvalue weighted by Crippen LogP contribution is -2.45. The van der Waals surface area contributed by atoms with Crippen LogP contribution in [0.2, 0.25) is 0 Å². The molecule has 138 valence electrons. The summed E-state index contributed by atoms with van der Waals surface area (Å²) in [5.41, 5.74) is 0. The van der Waals surface area contributed by atoms with Gasteiger partial charge < -0.3 is 19.6 Å². The number of carbonyl (C=O) groups is 1. The number of hydrogen-bond acceptors (Lipinski definition) is 5. The molecular formula is C18H29N5O2. The Morgan fingerprint density at radius 1 is 0.960 bits per heavy atom. The van der Waals surface area contributed by atoms with Crippen LogP contribution in [0.5, 0.6) is 0 Å². The second-order valence-electron chi connectivity index (χ2n) is 7.58. The Kier molecular flexibility index (Phi) is 5.20. The van der Waals surface area contributed by atoms with E-state index in [-0.39, 0.29) is 18.0 Å². The lowest BCUT2D eigenvalue weighted by Gasteiger charge is -2.33. The summed E-state index contributed by atoms with van der Waals surface area (Å²) in [5, 5.41) is 7.76. The fourth-order valence-electron chi connectivity index (χ4n) is 4.23. The highest BCUT2D eigenvalue weighted by atomic mass is 16.5. The quantitative estimate of drug-likeness (QED) is 0.890. The first-order chi connectivity index (χ1) is 12.3. The average Bonchev–Trinajstić information content (AvgIpc) is 3.29. The summed E-state index contributed by atoms with van der Waals surface area (Å²) in [6, 6.07) is 0.446. The van der Waals surface area contributed by atoms with Gasteiger partial charge in [-0.3, -0.25) is 0 Å². The largest absolute Gasteiger partial charge is 0.339 e. The van der Waals surface area contributed by atoms with E-state index in [9.17, 15) is 4.79 Å². The molecule has 7 nitrogen and oxygen atoms in total. The topological polar surface area (TPSA) is 74.5 Å². The molecule has 3 saturated heterocycles. The summed E-state index contributed by atoms with van der Waals surface area (Å²) in [4.78, 5) is 21.2. The molecular weight excluding hydrogens is 318 g/mol. The third-order valence-corrected chi connectivity index (χ3v) is 5.82. The zero-order chi connectivity index (χ0) is 17.1. The van der Waals surface area contributed by atoms with Crippen LogP contribution in [-0.4, -0.2) is 58.7 Å². The zero-order valence-corrected chi connectivity index (χ0v) is 15.0. The summed E-state index contributed by atoms with van der Waals surface area (Å²) in [7, 11) is 0.